The van der Waals surface area contributed by atoms with Crippen molar-refractivity contribution in [2.24, 2.45) is 0 Å². The van der Waals surface area contributed by atoms with E-state index in [1.807, 2.05) is 42.5 Å². The van der Waals surface area contributed by atoms with E-state index in [2.05, 4.69) is 5.32 Å². The van der Waals surface area contributed by atoms with Gasteiger partial charge < -0.3 is 16.6 Å². The Bertz CT molecular complexity index is 672. The molecule has 1 N–H and O–H groups in total. The van der Waals surface area contributed by atoms with Crippen LogP contribution in [0.1, 0.15) is 11.7 Å². The monoisotopic (exact) mass is 308 g/mol. The van der Waals surface area contributed by atoms with Crippen molar-refractivity contribution in [3.8, 4) is 0 Å². The fourth-order valence-corrected chi connectivity index (χ4v) is 2.14. The van der Waals surface area contributed by atoms with Crippen molar-refractivity contribution >= 4 is 34.1 Å². The van der Waals surface area contributed by atoms with E-state index in [1.165, 1.54) is 0 Å². The molecule has 20 heavy (non-hydrogen) atoms. The summed E-state index contributed by atoms with van der Waals surface area (Å²) in [5, 5.41) is 11.1. The Balaban J connectivity index is 0.000000639. The molecule has 1 aliphatic rings. The fourth-order valence-electron chi connectivity index (χ4n) is 1.95. The fraction of sp³-hybridized carbons (Fsp3) is 0.0714. The number of carbonyl (C=O) groups is 1. The molecule has 1 unspecified atom stereocenters. The number of nitrogens with one attached hydrogen (secondary N) is 1. The summed E-state index contributed by atoms with van der Waals surface area (Å²) < 4.78 is 5.28. The zero-order valence-electron chi connectivity index (χ0n) is 10.8. The third kappa shape index (κ3) is 3.64. The van der Waals surface area contributed by atoms with Gasteiger partial charge in [0.1, 0.15) is 0 Å². The summed E-state index contributed by atoms with van der Waals surface area (Å²) in [6, 6.07) is 13.8. The van der Waals surface area contributed by atoms with Gasteiger partial charge in [0, 0.05) is 5.56 Å². The SMILES string of the molecule is O=C1NC(=S)OC1c1ccc2ccccc2c1.[C-]#N.[K+]. The van der Waals surface area contributed by atoms with Gasteiger partial charge in [-0.15, -0.1) is 0 Å². The maximum Gasteiger partial charge on any atom is 1.00 e. The first-order valence-electron chi connectivity index (χ1n) is 5.46. The van der Waals surface area contributed by atoms with Crippen molar-refractivity contribution in [3.05, 3.63) is 54.6 Å². The third-order valence-corrected chi connectivity index (χ3v) is 2.96. The molecule has 2 aromatic rings. The number of rotatable bonds is 1. The van der Waals surface area contributed by atoms with Gasteiger partial charge in [-0.1, -0.05) is 36.4 Å². The van der Waals surface area contributed by atoms with E-state index >= 15 is 0 Å². The molecule has 94 valence electrons. The molecule has 1 saturated heterocycles. The number of carbonyl (C=O) groups excluding carboxylic acids is 1. The number of thiocarbonyl (C=S) groups is 1. The molecule has 3 rings (SSSR count). The van der Waals surface area contributed by atoms with Crippen LogP contribution in [0.5, 0.6) is 0 Å². The third-order valence-electron chi connectivity index (χ3n) is 2.76. The first-order valence-corrected chi connectivity index (χ1v) is 5.87. The second kappa shape index (κ2) is 7.83. The summed E-state index contributed by atoms with van der Waals surface area (Å²) >= 11 is 4.81. The van der Waals surface area contributed by atoms with Gasteiger partial charge in [-0.3, -0.25) is 10.1 Å². The molecule has 1 heterocycles. The number of amides is 1. The van der Waals surface area contributed by atoms with Gasteiger partial charge in [-0.25, -0.2) is 0 Å². The maximum absolute atomic E-state index is 11.6. The minimum atomic E-state index is -0.618. The standard InChI is InChI=1S/C13H9NO2S.CN.K/c15-12-11(16-13(17)14-12)10-6-5-8-3-1-2-4-9(8)7-10;1-2;/h1-7,11H,(H,14,15,17);;/q;-1;+1. The molecule has 0 bridgehead atoms. The van der Waals surface area contributed by atoms with Crippen LogP contribution in [0.4, 0.5) is 0 Å². The van der Waals surface area contributed by atoms with Gasteiger partial charge in [-0.2, -0.15) is 0 Å². The Kier molecular flexibility index (Phi) is 6.75. The summed E-state index contributed by atoms with van der Waals surface area (Å²) in [6.45, 7) is 4.75. The summed E-state index contributed by atoms with van der Waals surface area (Å²) in [7, 11) is 0. The number of nitrogens with zero attached hydrogens (tertiary/aromatic N) is 1. The smallest absolute Gasteiger partial charge is 0.512 e. The minimum Gasteiger partial charge on any atom is -0.512 e. The number of hydrogen-bond acceptors (Lipinski definition) is 4. The first kappa shape index (κ1) is 17.2. The average molecular weight is 308 g/mol. The Morgan fingerprint density at radius 2 is 1.80 bits per heavy atom. The second-order valence-electron chi connectivity index (χ2n) is 3.88. The van der Waals surface area contributed by atoms with Crippen LogP contribution >= 0.6 is 12.2 Å². The molecule has 0 spiro atoms. The normalized spacial score (nSPS) is 16.4. The van der Waals surface area contributed by atoms with Crippen molar-refractivity contribution in [3.63, 3.8) is 0 Å². The van der Waals surface area contributed by atoms with Crippen molar-refractivity contribution in [1.82, 2.24) is 5.32 Å². The minimum absolute atomic E-state index is 0. The van der Waals surface area contributed by atoms with Gasteiger partial charge in [0.15, 0.2) is 0 Å². The topological polar surface area (TPSA) is 62.1 Å². The number of ether oxygens (including phenoxy) is 1. The largest absolute Gasteiger partial charge is 1.00 e. The van der Waals surface area contributed by atoms with Crippen molar-refractivity contribution in [1.29, 1.82) is 5.26 Å². The van der Waals surface area contributed by atoms with Gasteiger partial charge in [0.25, 0.3) is 11.1 Å². The van der Waals surface area contributed by atoms with Crippen LogP contribution in [0.3, 0.4) is 0 Å². The van der Waals surface area contributed by atoms with E-state index in [4.69, 9.17) is 28.8 Å². The number of hydrogen-bond donors (Lipinski definition) is 1. The van der Waals surface area contributed by atoms with Gasteiger partial charge in [-0.05, 0) is 29.1 Å². The Morgan fingerprint density at radius 3 is 2.40 bits per heavy atom. The molecular formula is C14H9KN2O2S. The van der Waals surface area contributed by atoms with E-state index in [-0.39, 0.29) is 62.5 Å². The quantitative estimate of drug-likeness (QED) is 0.435. The Labute approximate surface area is 164 Å². The van der Waals surface area contributed by atoms with Crippen LogP contribution in [-0.4, -0.2) is 11.1 Å². The van der Waals surface area contributed by atoms with Crippen LogP contribution in [0.2, 0.25) is 0 Å². The molecule has 4 nitrogen and oxygen atoms in total. The first-order chi connectivity index (χ1) is 9.24. The molecule has 1 atom stereocenters. The van der Waals surface area contributed by atoms with Crippen molar-refractivity contribution < 1.29 is 60.9 Å². The number of fused-ring (bicyclic) bond motifs is 1. The molecular weight excluding hydrogens is 299 g/mol. The molecule has 0 saturated carbocycles. The van der Waals surface area contributed by atoms with E-state index in [9.17, 15) is 4.79 Å². The van der Waals surface area contributed by atoms with Crippen LogP contribution in [0.15, 0.2) is 42.5 Å². The number of benzene rings is 2. The van der Waals surface area contributed by atoms with E-state index in [1.54, 1.807) is 0 Å². The molecule has 0 radical (unpaired) electrons. The molecule has 0 aliphatic carbocycles. The van der Waals surface area contributed by atoms with Crippen molar-refractivity contribution in [2.75, 3.05) is 0 Å². The van der Waals surface area contributed by atoms with E-state index < -0.39 is 6.10 Å². The predicted octanol–water partition coefficient (Wildman–Crippen LogP) is -0.587. The van der Waals surface area contributed by atoms with Crippen LogP contribution in [-0.2, 0) is 9.53 Å². The molecule has 2 aromatic carbocycles. The summed E-state index contributed by atoms with van der Waals surface area (Å²) in [5.41, 5.74) is 0.820. The molecule has 0 aromatic heterocycles. The average Bonchev–Trinajstić information content (AvgIpc) is 2.79. The maximum atomic E-state index is 11.6. The predicted molar refractivity (Wildman–Crippen MR) is 73.5 cm³/mol. The molecule has 6 heteroatoms. The van der Waals surface area contributed by atoms with Gasteiger partial charge in [0.05, 0.1) is 0 Å². The Hall–Kier alpha value is -0.814. The molecule has 1 amide bonds. The Morgan fingerprint density at radius 1 is 1.15 bits per heavy atom. The van der Waals surface area contributed by atoms with E-state index in [0.29, 0.717) is 0 Å². The molecule has 1 aliphatic heterocycles. The second-order valence-corrected chi connectivity index (χ2v) is 4.25. The van der Waals surface area contributed by atoms with Crippen LogP contribution < -0.4 is 56.7 Å². The van der Waals surface area contributed by atoms with Crippen LogP contribution in [0, 0.1) is 11.8 Å². The van der Waals surface area contributed by atoms with E-state index in [0.717, 1.165) is 16.3 Å². The summed E-state index contributed by atoms with van der Waals surface area (Å²) in [4.78, 5) is 11.6. The van der Waals surface area contributed by atoms with Gasteiger partial charge in [0.2, 0.25) is 6.10 Å². The zero-order chi connectivity index (χ0) is 13.8. The van der Waals surface area contributed by atoms with Gasteiger partial charge >= 0.3 is 51.4 Å². The summed E-state index contributed by atoms with van der Waals surface area (Å²) in [6.07, 6.45) is -0.618. The van der Waals surface area contributed by atoms with Crippen LogP contribution in [0.25, 0.3) is 10.8 Å². The summed E-state index contributed by atoms with van der Waals surface area (Å²) in [5.74, 6) is -0.203. The van der Waals surface area contributed by atoms with Crippen molar-refractivity contribution in [2.45, 2.75) is 6.10 Å². The molecule has 1 fully saturated rings. The zero-order valence-corrected chi connectivity index (χ0v) is 14.7.